The molecule has 5 rings (SSSR count). The van der Waals surface area contributed by atoms with Crippen LogP contribution in [0.2, 0.25) is 0 Å². The SMILES string of the molecule is CC(C)c1cc(C2(c3ccc(N)c(C(C)C)c3)c3ccccc3-c3cccc(C(=O)O)c32)ccc1N. The average Bonchev–Trinajstić information content (AvgIpc) is 3.15. The standard InChI is InChI=1S/C32H32N2O2/c1-18(2)25-16-20(12-14-28(25)33)32(21-13-15-29(34)26(17-21)19(3)4)27-11-6-5-8-22(27)23-9-7-10-24(30(23)32)31(35)36/h5-19H,33-34H2,1-4H3,(H,35,36). The number of nitrogen functional groups attached to an aromatic ring is 2. The first kappa shape index (κ1) is 23.7. The molecule has 0 aromatic heterocycles. The van der Waals surface area contributed by atoms with Crippen molar-refractivity contribution < 1.29 is 9.90 Å². The summed E-state index contributed by atoms with van der Waals surface area (Å²) < 4.78 is 0. The number of benzene rings is 4. The van der Waals surface area contributed by atoms with Gasteiger partial charge in [-0.2, -0.15) is 0 Å². The largest absolute Gasteiger partial charge is 0.478 e. The third kappa shape index (κ3) is 3.32. The van der Waals surface area contributed by atoms with E-state index in [1.165, 1.54) is 0 Å². The second-order valence-corrected chi connectivity index (χ2v) is 10.3. The molecule has 0 bridgehead atoms. The van der Waals surface area contributed by atoms with E-state index in [4.69, 9.17) is 11.5 Å². The third-order valence-corrected chi connectivity index (χ3v) is 7.57. The molecule has 4 heteroatoms. The van der Waals surface area contributed by atoms with Crippen molar-refractivity contribution in [2.75, 3.05) is 11.5 Å². The Kier molecular flexibility index (Phi) is 5.63. The number of carboxylic acid groups (broad SMARTS) is 1. The average molecular weight is 477 g/mol. The van der Waals surface area contributed by atoms with Gasteiger partial charge in [0.1, 0.15) is 0 Å². The maximum Gasteiger partial charge on any atom is 0.336 e. The van der Waals surface area contributed by atoms with Gasteiger partial charge in [-0.15, -0.1) is 0 Å². The Morgan fingerprint density at radius 2 is 1.25 bits per heavy atom. The number of aromatic carboxylic acids is 1. The Bertz CT molecular complexity index is 1440. The summed E-state index contributed by atoms with van der Waals surface area (Å²) in [4.78, 5) is 12.7. The van der Waals surface area contributed by atoms with Gasteiger partial charge in [0.05, 0.1) is 11.0 Å². The minimum absolute atomic E-state index is 0.213. The number of carboxylic acids is 1. The Labute approximate surface area is 212 Å². The minimum atomic E-state index is -0.942. The number of nitrogens with two attached hydrogens (primary N) is 2. The van der Waals surface area contributed by atoms with E-state index in [2.05, 4.69) is 64.1 Å². The lowest BCUT2D eigenvalue weighted by Gasteiger charge is -2.36. The van der Waals surface area contributed by atoms with Crippen molar-refractivity contribution in [2.24, 2.45) is 0 Å². The summed E-state index contributed by atoms with van der Waals surface area (Å²) in [6.45, 7) is 8.51. The highest BCUT2D eigenvalue weighted by Gasteiger charge is 2.48. The predicted octanol–water partition coefficient (Wildman–Crippen LogP) is 7.16. The molecule has 0 atom stereocenters. The number of carbonyl (C=O) groups is 1. The van der Waals surface area contributed by atoms with E-state index in [0.717, 1.165) is 55.9 Å². The highest BCUT2D eigenvalue weighted by atomic mass is 16.4. The van der Waals surface area contributed by atoms with E-state index in [9.17, 15) is 9.90 Å². The molecule has 0 heterocycles. The maximum absolute atomic E-state index is 12.7. The zero-order chi connectivity index (χ0) is 25.8. The summed E-state index contributed by atoms with van der Waals surface area (Å²) >= 11 is 0. The quantitative estimate of drug-likeness (QED) is 0.235. The van der Waals surface area contributed by atoms with Gasteiger partial charge >= 0.3 is 5.97 Å². The Morgan fingerprint density at radius 3 is 1.78 bits per heavy atom. The van der Waals surface area contributed by atoms with Crippen molar-refractivity contribution in [2.45, 2.75) is 44.9 Å². The van der Waals surface area contributed by atoms with E-state index in [-0.39, 0.29) is 11.8 Å². The molecule has 4 nitrogen and oxygen atoms in total. The van der Waals surface area contributed by atoms with Gasteiger partial charge in [-0.25, -0.2) is 4.79 Å². The lowest BCUT2D eigenvalue weighted by atomic mass is 9.65. The lowest BCUT2D eigenvalue weighted by Crippen LogP contribution is -2.31. The molecule has 0 saturated carbocycles. The van der Waals surface area contributed by atoms with Crippen LogP contribution < -0.4 is 11.5 Å². The molecule has 4 aromatic carbocycles. The molecule has 0 amide bonds. The first-order valence-corrected chi connectivity index (χ1v) is 12.4. The number of hydrogen-bond donors (Lipinski definition) is 3. The van der Waals surface area contributed by atoms with Gasteiger partial charge in [0.15, 0.2) is 0 Å². The molecule has 1 aliphatic rings. The van der Waals surface area contributed by atoms with Gasteiger partial charge in [-0.1, -0.05) is 88.4 Å². The van der Waals surface area contributed by atoms with Crippen LogP contribution in [0, 0.1) is 0 Å². The summed E-state index contributed by atoms with van der Waals surface area (Å²) in [6, 6.07) is 26.2. The molecular weight excluding hydrogens is 444 g/mol. The lowest BCUT2D eigenvalue weighted by molar-refractivity contribution is 0.0695. The molecule has 0 radical (unpaired) electrons. The fraction of sp³-hybridized carbons (Fsp3) is 0.219. The van der Waals surface area contributed by atoms with Crippen LogP contribution in [0.3, 0.4) is 0 Å². The summed E-state index contributed by atoms with van der Waals surface area (Å²) in [6.07, 6.45) is 0. The molecule has 5 N–H and O–H groups in total. The fourth-order valence-corrected chi connectivity index (χ4v) is 5.92. The topological polar surface area (TPSA) is 89.3 Å². The highest BCUT2D eigenvalue weighted by Crippen LogP contribution is 2.58. The van der Waals surface area contributed by atoms with Crippen molar-refractivity contribution in [3.63, 3.8) is 0 Å². The van der Waals surface area contributed by atoms with Gasteiger partial charge in [-0.05, 0) is 74.5 Å². The molecular formula is C32H32N2O2. The first-order chi connectivity index (χ1) is 17.2. The van der Waals surface area contributed by atoms with E-state index in [0.29, 0.717) is 5.56 Å². The zero-order valence-electron chi connectivity index (χ0n) is 21.2. The van der Waals surface area contributed by atoms with Gasteiger partial charge in [0, 0.05) is 11.4 Å². The van der Waals surface area contributed by atoms with Crippen LogP contribution in [0.4, 0.5) is 11.4 Å². The van der Waals surface area contributed by atoms with E-state index in [1.54, 1.807) is 6.07 Å². The van der Waals surface area contributed by atoms with Crippen molar-refractivity contribution >= 4 is 17.3 Å². The molecule has 1 aliphatic carbocycles. The zero-order valence-corrected chi connectivity index (χ0v) is 21.2. The molecule has 36 heavy (non-hydrogen) atoms. The second-order valence-electron chi connectivity index (χ2n) is 10.3. The number of anilines is 2. The van der Waals surface area contributed by atoms with E-state index >= 15 is 0 Å². The molecule has 0 spiro atoms. The predicted molar refractivity (Wildman–Crippen MR) is 148 cm³/mol. The van der Waals surface area contributed by atoms with Crippen LogP contribution in [-0.4, -0.2) is 11.1 Å². The van der Waals surface area contributed by atoms with Crippen LogP contribution in [0.15, 0.2) is 78.9 Å². The van der Waals surface area contributed by atoms with Gasteiger partial charge in [-0.3, -0.25) is 0 Å². The van der Waals surface area contributed by atoms with Crippen molar-refractivity contribution in [1.29, 1.82) is 0 Å². The first-order valence-electron chi connectivity index (χ1n) is 12.4. The minimum Gasteiger partial charge on any atom is -0.478 e. The Morgan fingerprint density at radius 1 is 0.722 bits per heavy atom. The number of hydrogen-bond acceptors (Lipinski definition) is 3. The Balaban J connectivity index is 2.02. The second kappa shape index (κ2) is 8.56. The maximum atomic E-state index is 12.7. The van der Waals surface area contributed by atoms with Gasteiger partial charge in [0.2, 0.25) is 0 Å². The smallest absolute Gasteiger partial charge is 0.336 e. The van der Waals surface area contributed by atoms with Gasteiger partial charge < -0.3 is 16.6 Å². The molecule has 182 valence electrons. The van der Waals surface area contributed by atoms with Gasteiger partial charge in [0.25, 0.3) is 0 Å². The third-order valence-electron chi connectivity index (χ3n) is 7.57. The summed E-state index contributed by atoms with van der Waals surface area (Å²) in [5.74, 6) is -0.515. The van der Waals surface area contributed by atoms with E-state index < -0.39 is 11.4 Å². The fourth-order valence-electron chi connectivity index (χ4n) is 5.92. The summed E-state index contributed by atoms with van der Waals surface area (Å²) in [5, 5.41) is 10.4. The summed E-state index contributed by atoms with van der Waals surface area (Å²) in [7, 11) is 0. The normalized spacial score (nSPS) is 13.6. The molecule has 0 saturated heterocycles. The molecule has 0 fully saturated rings. The highest BCUT2D eigenvalue weighted by molar-refractivity contribution is 5.98. The molecule has 0 aliphatic heterocycles. The van der Waals surface area contributed by atoms with Crippen LogP contribution in [0.5, 0.6) is 0 Å². The van der Waals surface area contributed by atoms with Crippen LogP contribution in [0.1, 0.15) is 83.3 Å². The Hall–Kier alpha value is -4.05. The van der Waals surface area contributed by atoms with Crippen molar-refractivity contribution in [1.82, 2.24) is 0 Å². The monoisotopic (exact) mass is 476 g/mol. The van der Waals surface area contributed by atoms with Crippen molar-refractivity contribution in [3.05, 3.63) is 118 Å². The van der Waals surface area contributed by atoms with Crippen LogP contribution in [0.25, 0.3) is 11.1 Å². The summed E-state index contributed by atoms with van der Waals surface area (Å²) in [5.41, 5.74) is 21.7. The molecule has 0 unspecified atom stereocenters. The molecule has 4 aromatic rings. The van der Waals surface area contributed by atoms with Crippen LogP contribution in [-0.2, 0) is 5.41 Å². The number of rotatable bonds is 5. The van der Waals surface area contributed by atoms with Crippen LogP contribution >= 0.6 is 0 Å². The van der Waals surface area contributed by atoms with E-state index in [1.807, 2.05) is 36.4 Å². The van der Waals surface area contributed by atoms with Crippen molar-refractivity contribution in [3.8, 4) is 11.1 Å². The number of fused-ring (bicyclic) bond motifs is 3.